The van der Waals surface area contributed by atoms with Gasteiger partial charge in [-0.05, 0) is 60.5 Å². The second-order valence-corrected chi connectivity index (χ2v) is 7.54. The van der Waals surface area contributed by atoms with Gasteiger partial charge in [0.2, 0.25) is 5.95 Å². The van der Waals surface area contributed by atoms with Gasteiger partial charge in [0.05, 0.1) is 22.6 Å². The van der Waals surface area contributed by atoms with Gasteiger partial charge >= 0.3 is 6.18 Å². The lowest BCUT2D eigenvalue weighted by Gasteiger charge is -2.22. The molecule has 0 spiro atoms. The molecule has 3 aromatic carbocycles. The molecule has 5 nitrogen and oxygen atoms in total. The second kappa shape index (κ2) is 7.96. The van der Waals surface area contributed by atoms with Crippen LogP contribution in [-0.4, -0.2) is 9.55 Å². The summed E-state index contributed by atoms with van der Waals surface area (Å²) in [5.74, 6) is 0.397. The normalized spacial score (nSPS) is 12.6. The predicted molar refractivity (Wildman–Crippen MR) is 122 cm³/mol. The summed E-state index contributed by atoms with van der Waals surface area (Å²) >= 11 is 0. The lowest BCUT2D eigenvalue weighted by atomic mass is 10.0. The van der Waals surface area contributed by atoms with Crippen molar-refractivity contribution < 1.29 is 13.2 Å². The van der Waals surface area contributed by atoms with Crippen molar-refractivity contribution in [1.29, 1.82) is 0 Å². The van der Waals surface area contributed by atoms with Crippen LogP contribution in [0.3, 0.4) is 0 Å². The van der Waals surface area contributed by atoms with Gasteiger partial charge in [-0.25, -0.2) is 4.98 Å². The van der Waals surface area contributed by atoms with Crippen molar-refractivity contribution >= 4 is 34.1 Å². The molecule has 0 saturated heterocycles. The Labute approximate surface area is 183 Å². The van der Waals surface area contributed by atoms with Crippen molar-refractivity contribution in [1.82, 2.24) is 9.55 Å². The fourth-order valence-electron chi connectivity index (χ4n) is 3.73. The van der Waals surface area contributed by atoms with Crippen molar-refractivity contribution in [3.8, 4) is 0 Å². The van der Waals surface area contributed by atoms with E-state index in [-0.39, 0.29) is 5.56 Å². The van der Waals surface area contributed by atoms with E-state index in [1.807, 2.05) is 0 Å². The molecular formula is C24H22F3N5. The van der Waals surface area contributed by atoms with Crippen LogP contribution in [-0.2, 0) is 6.18 Å². The Balaban J connectivity index is 1.90. The molecule has 1 aromatic heterocycles. The van der Waals surface area contributed by atoms with Crippen LogP contribution in [0.4, 0.5) is 30.5 Å². The quantitative estimate of drug-likeness (QED) is 0.339. The number of rotatable bonds is 5. The molecule has 0 aliphatic carbocycles. The predicted octanol–water partition coefficient (Wildman–Crippen LogP) is 5.92. The fraction of sp³-hybridized carbons (Fsp3) is 0.125. The lowest BCUT2D eigenvalue weighted by Crippen LogP contribution is -2.16. The summed E-state index contributed by atoms with van der Waals surface area (Å²) in [5.41, 5.74) is 14.7. The largest absolute Gasteiger partial charge is 0.416 e. The summed E-state index contributed by atoms with van der Waals surface area (Å²) < 4.78 is 42.9. The first-order valence-corrected chi connectivity index (χ1v) is 9.90. The van der Waals surface area contributed by atoms with Gasteiger partial charge in [0.25, 0.3) is 0 Å². The van der Waals surface area contributed by atoms with Crippen molar-refractivity contribution in [2.75, 3.05) is 11.1 Å². The zero-order chi connectivity index (χ0) is 23.0. The molecule has 8 heteroatoms. The third kappa shape index (κ3) is 3.99. The van der Waals surface area contributed by atoms with Crippen molar-refractivity contribution in [2.24, 2.45) is 5.73 Å². The van der Waals surface area contributed by atoms with Crippen molar-refractivity contribution in [3.05, 3.63) is 90.0 Å². The van der Waals surface area contributed by atoms with E-state index in [0.29, 0.717) is 39.6 Å². The monoisotopic (exact) mass is 437 g/mol. The number of alkyl halides is 3. The maximum atomic E-state index is 13.7. The topological polar surface area (TPSA) is 81.9 Å². The van der Waals surface area contributed by atoms with Gasteiger partial charge in [-0.15, -0.1) is 0 Å². The van der Waals surface area contributed by atoms with Gasteiger partial charge < -0.3 is 21.4 Å². The van der Waals surface area contributed by atoms with Crippen LogP contribution >= 0.6 is 0 Å². The Kier molecular flexibility index (Phi) is 5.30. The van der Waals surface area contributed by atoms with Crippen LogP contribution in [0.25, 0.3) is 16.7 Å². The third-order valence-electron chi connectivity index (χ3n) is 5.33. The van der Waals surface area contributed by atoms with E-state index in [1.54, 1.807) is 60.0 Å². The van der Waals surface area contributed by atoms with Crippen LogP contribution in [0.2, 0.25) is 0 Å². The van der Waals surface area contributed by atoms with Crippen molar-refractivity contribution in [2.45, 2.75) is 19.1 Å². The summed E-state index contributed by atoms with van der Waals surface area (Å²) in [6.45, 7) is 5.47. The van der Waals surface area contributed by atoms with Crippen LogP contribution in [0.5, 0.6) is 0 Å². The Bertz CT molecular complexity index is 1290. The number of nitrogens with two attached hydrogens (primary N) is 2. The summed E-state index contributed by atoms with van der Waals surface area (Å²) in [6.07, 6.45) is -4.48. The van der Waals surface area contributed by atoms with Gasteiger partial charge in [-0.2, -0.15) is 13.2 Å². The van der Waals surface area contributed by atoms with Gasteiger partial charge in [0, 0.05) is 17.1 Å². The van der Waals surface area contributed by atoms with E-state index in [4.69, 9.17) is 11.5 Å². The van der Waals surface area contributed by atoms with Crippen LogP contribution in [0, 0.1) is 0 Å². The maximum absolute atomic E-state index is 13.7. The molecule has 0 bridgehead atoms. The first-order valence-electron chi connectivity index (χ1n) is 9.90. The number of nitrogens with one attached hydrogen (secondary N) is 1. The van der Waals surface area contributed by atoms with Gasteiger partial charge in [0.15, 0.2) is 0 Å². The molecule has 0 aliphatic heterocycles. The van der Waals surface area contributed by atoms with Gasteiger partial charge in [-0.1, -0.05) is 30.8 Å². The standard InChI is InChI=1S/C24H22F3N5/c1-14(28)16-7-12-22-21(13-16)31-23(30-18-10-8-17(29)9-11-18)32(22)15(2)19-5-3-4-6-20(19)24(25,26)27/h3-13,15H,1,28-29H2,2H3,(H,30,31). The first-order chi connectivity index (χ1) is 15.1. The summed E-state index contributed by atoms with van der Waals surface area (Å²) in [6, 6.07) is 17.3. The average molecular weight is 437 g/mol. The van der Waals surface area contributed by atoms with Crippen molar-refractivity contribution in [3.63, 3.8) is 0 Å². The molecule has 0 radical (unpaired) electrons. The minimum atomic E-state index is -4.48. The van der Waals surface area contributed by atoms with Gasteiger partial charge in [0.1, 0.15) is 0 Å². The fourth-order valence-corrected chi connectivity index (χ4v) is 3.73. The molecule has 4 aromatic rings. The smallest absolute Gasteiger partial charge is 0.399 e. The molecule has 5 N–H and O–H groups in total. The van der Waals surface area contributed by atoms with E-state index in [0.717, 1.165) is 6.07 Å². The molecule has 1 atom stereocenters. The number of imidazole rings is 1. The molecule has 0 amide bonds. The van der Waals surface area contributed by atoms with E-state index in [9.17, 15) is 13.2 Å². The van der Waals surface area contributed by atoms with E-state index in [1.165, 1.54) is 12.1 Å². The molecular weight excluding hydrogens is 415 g/mol. The van der Waals surface area contributed by atoms with Gasteiger partial charge in [-0.3, -0.25) is 0 Å². The molecule has 0 fully saturated rings. The van der Waals surface area contributed by atoms with Crippen LogP contribution in [0.15, 0.2) is 73.3 Å². The number of anilines is 3. The number of nitrogens with zero attached hydrogens (tertiary/aromatic N) is 2. The second-order valence-electron chi connectivity index (χ2n) is 7.54. The highest BCUT2D eigenvalue weighted by molar-refractivity contribution is 5.84. The van der Waals surface area contributed by atoms with Crippen LogP contribution < -0.4 is 16.8 Å². The zero-order valence-electron chi connectivity index (χ0n) is 17.3. The molecule has 0 saturated carbocycles. The molecule has 1 heterocycles. The Morgan fingerprint density at radius 3 is 2.41 bits per heavy atom. The Morgan fingerprint density at radius 1 is 1.06 bits per heavy atom. The maximum Gasteiger partial charge on any atom is 0.416 e. The summed E-state index contributed by atoms with van der Waals surface area (Å²) in [5, 5.41) is 3.21. The molecule has 164 valence electrons. The highest BCUT2D eigenvalue weighted by Gasteiger charge is 2.35. The Morgan fingerprint density at radius 2 is 1.75 bits per heavy atom. The molecule has 4 rings (SSSR count). The molecule has 32 heavy (non-hydrogen) atoms. The average Bonchev–Trinajstić information content (AvgIpc) is 3.11. The molecule has 1 unspecified atom stereocenters. The first kappa shape index (κ1) is 21.3. The molecule has 0 aliphatic rings. The highest BCUT2D eigenvalue weighted by atomic mass is 19.4. The van der Waals surface area contributed by atoms with E-state index < -0.39 is 17.8 Å². The number of aromatic nitrogens is 2. The highest BCUT2D eigenvalue weighted by Crippen LogP contribution is 2.38. The number of hydrogen-bond donors (Lipinski definition) is 3. The zero-order valence-corrected chi connectivity index (χ0v) is 17.3. The summed E-state index contributed by atoms with van der Waals surface area (Å²) in [4.78, 5) is 4.65. The number of nitrogen functional groups attached to an aromatic ring is 1. The number of halogens is 3. The SMILES string of the molecule is C=C(N)c1ccc2c(c1)nc(Nc1ccc(N)cc1)n2C(C)c1ccccc1C(F)(F)F. The minimum absolute atomic E-state index is 0.145. The van der Waals surface area contributed by atoms with E-state index >= 15 is 0 Å². The Hall–Kier alpha value is -3.94. The summed E-state index contributed by atoms with van der Waals surface area (Å²) in [7, 11) is 0. The van der Waals surface area contributed by atoms with Crippen LogP contribution in [0.1, 0.15) is 29.7 Å². The lowest BCUT2D eigenvalue weighted by molar-refractivity contribution is -0.138. The number of benzene rings is 3. The number of hydrogen-bond acceptors (Lipinski definition) is 4. The minimum Gasteiger partial charge on any atom is -0.399 e. The third-order valence-corrected chi connectivity index (χ3v) is 5.33. The number of fused-ring (bicyclic) bond motifs is 1. The van der Waals surface area contributed by atoms with E-state index in [2.05, 4.69) is 16.9 Å².